The Labute approximate surface area is 127 Å². The van der Waals surface area contributed by atoms with E-state index in [9.17, 15) is 5.11 Å². The van der Waals surface area contributed by atoms with Crippen LogP contribution in [0.15, 0.2) is 47.4 Å². The minimum atomic E-state index is -0.0636. The number of benzene rings is 2. The highest BCUT2D eigenvalue weighted by molar-refractivity contribution is 7.99. The van der Waals surface area contributed by atoms with Crippen LogP contribution in [0.2, 0.25) is 5.02 Å². The Morgan fingerprint density at radius 3 is 2.90 bits per heavy atom. The van der Waals surface area contributed by atoms with Gasteiger partial charge in [-0.1, -0.05) is 41.9 Å². The molecule has 0 aliphatic carbocycles. The van der Waals surface area contributed by atoms with Crippen molar-refractivity contribution in [2.24, 2.45) is 0 Å². The lowest BCUT2D eigenvalue weighted by Gasteiger charge is -2.15. The first kappa shape index (κ1) is 13.8. The predicted octanol–water partition coefficient (Wildman–Crippen LogP) is 4.10. The largest absolute Gasteiger partial charge is 0.491 e. The summed E-state index contributed by atoms with van der Waals surface area (Å²) in [6.45, 7) is 0.520. The Morgan fingerprint density at radius 2 is 2.05 bits per heavy atom. The van der Waals surface area contributed by atoms with Gasteiger partial charge in [0.2, 0.25) is 0 Å². The van der Waals surface area contributed by atoms with Gasteiger partial charge < -0.3 is 9.84 Å². The zero-order chi connectivity index (χ0) is 13.9. The van der Waals surface area contributed by atoms with E-state index in [1.807, 2.05) is 23.9 Å². The van der Waals surface area contributed by atoms with Crippen LogP contribution in [0.25, 0.3) is 0 Å². The number of hydrogen-bond donors (Lipinski definition) is 1. The molecule has 1 aliphatic heterocycles. The SMILES string of the molecule is OCc1cccc(Cl)c1OCC1CSc2ccccc21. The average molecular weight is 307 g/mol. The summed E-state index contributed by atoms with van der Waals surface area (Å²) < 4.78 is 5.89. The third-order valence-electron chi connectivity index (χ3n) is 3.45. The van der Waals surface area contributed by atoms with Gasteiger partial charge in [0.15, 0.2) is 0 Å². The van der Waals surface area contributed by atoms with E-state index in [1.54, 1.807) is 6.07 Å². The number of para-hydroxylation sites is 1. The second-order valence-corrected chi connectivity index (χ2v) is 6.21. The second-order valence-electron chi connectivity index (χ2n) is 4.74. The highest BCUT2D eigenvalue weighted by atomic mass is 35.5. The van der Waals surface area contributed by atoms with Crippen LogP contribution in [-0.4, -0.2) is 17.5 Å². The van der Waals surface area contributed by atoms with E-state index in [2.05, 4.69) is 24.3 Å². The van der Waals surface area contributed by atoms with Gasteiger partial charge in [0.05, 0.1) is 18.2 Å². The van der Waals surface area contributed by atoms with Crippen molar-refractivity contribution in [2.75, 3.05) is 12.4 Å². The van der Waals surface area contributed by atoms with E-state index in [0.29, 0.717) is 23.3 Å². The molecule has 0 aromatic heterocycles. The number of rotatable bonds is 4. The number of hydrogen-bond acceptors (Lipinski definition) is 3. The highest BCUT2D eigenvalue weighted by Crippen LogP contribution is 2.40. The van der Waals surface area contributed by atoms with Crippen molar-refractivity contribution in [3.8, 4) is 5.75 Å². The van der Waals surface area contributed by atoms with Gasteiger partial charge in [-0.15, -0.1) is 11.8 Å². The first-order valence-corrected chi connectivity index (χ1v) is 7.88. The topological polar surface area (TPSA) is 29.5 Å². The molecule has 1 aliphatic rings. The summed E-state index contributed by atoms with van der Waals surface area (Å²) in [6.07, 6.45) is 0. The Hall–Kier alpha value is -1.16. The van der Waals surface area contributed by atoms with E-state index < -0.39 is 0 Å². The molecule has 1 N–H and O–H groups in total. The van der Waals surface area contributed by atoms with Crippen LogP contribution in [0.5, 0.6) is 5.75 Å². The smallest absolute Gasteiger partial charge is 0.143 e. The molecule has 0 spiro atoms. The van der Waals surface area contributed by atoms with Crippen LogP contribution in [0.4, 0.5) is 0 Å². The zero-order valence-corrected chi connectivity index (χ0v) is 12.5. The maximum Gasteiger partial charge on any atom is 0.143 e. The molecular formula is C16H15ClO2S. The molecule has 0 saturated carbocycles. The molecule has 1 heterocycles. The Kier molecular flexibility index (Phi) is 4.20. The molecule has 2 aromatic rings. The fraction of sp³-hybridized carbons (Fsp3) is 0.250. The number of fused-ring (bicyclic) bond motifs is 1. The maximum atomic E-state index is 9.35. The summed E-state index contributed by atoms with van der Waals surface area (Å²) in [5.41, 5.74) is 2.08. The Morgan fingerprint density at radius 1 is 1.20 bits per heavy atom. The quantitative estimate of drug-likeness (QED) is 0.922. The minimum Gasteiger partial charge on any atom is -0.491 e. The molecule has 2 aromatic carbocycles. The summed E-state index contributed by atoms with van der Waals surface area (Å²) in [5, 5.41) is 9.90. The second kappa shape index (κ2) is 6.08. The van der Waals surface area contributed by atoms with E-state index in [-0.39, 0.29) is 6.61 Å². The Balaban J connectivity index is 1.75. The average Bonchev–Trinajstić information content (AvgIpc) is 2.89. The van der Waals surface area contributed by atoms with Gasteiger partial charge in [-0.05, 0) is 17.7 Å². The molecule has 0 saturated heterocycles. The summed E-state index contributed by atoms with van der Waals surface area (Å²) >= 11 is 8.02. The molecule has 2 nitrogen and oxygen atoms in total. The molecular weight excluding hydrogens is 292 g/mol. The first-order chi connectivity index (χ1) is 9.79. The number of aliphatic hydroxyl groups is 1. The number of aliphatic hydroxyl groups excluding tert-OH is 1. The van der Waals surface area contributed by atoms with Gasteiger partial charge >= 0.3 is 0 Å². The third kappa shape index (κ3) is 2.66. The molecule has 0 radical (unpaired) electrons. The molecule has 0 bridgehead atoms. The predicted molar refractivity (Wildman–Crippen MR) is 82.8 cm³/mol. The first-order valence-electron chi connectivity index (χ1n) is 6.52. The van der Waals surface area contributed by atoms with Crippen molar-refractivity contribution >= 4 is 23.4 Å². The van der Waals surface area contributed by atoms with Gasteiger partial charge in [-0.25, -0.2) is 0 Å². The van der Waals surface area contributed by atoms with E-state index >= 15 is 0 Å². The fourth-order valence-corrected chi connectivity index (χ4v) is 3.87. The molecule has 0 fully saturated rings. The van der Waals surface area contributed by atoms with Crippen LogP contribution in [-0.2, 0) is 6.61 Å². The normalized spacial score (nSPS) is 17.0. The molecule has 104 valence electrons. The van der Waals surface area contributed by atoms with Crippen LogP contribution in [0.3, 0.4) is 0 Å². The van der Waals surface area contributed by atoms with E-state index in [0.717, 1.165) is 11.3 Å². The minimum absolute atomic E-state index is 0.0636. The van der Waals surface area contributed by atoms with Crippen LogP contribution in [0, 0.1) is 0 Å². The molecule has 0 amide bonds. The summed E-state index contributed by atoms with van der Waals surface area (Å²) in [4.78, 5) is 1.34. The van der Waals surface area contributed by atoms with Gasteiger partial charge in [0.1, 0.15) is 5.75 Å². The van der Waals surface area contributed by atoms with Gasteiger partial charge in [0.25, 0.3) is 0 Å². The Bertz CT molecular complexity index is 615. The van der Waals surface area contributed by atoms with Crippen molar-refractivity contribution in [3.05, 3.63) is 58.6 Å². The van der Waals surface area contributed by atoms with Gasteiger partial charge in [-0.3, -0.25) is 0 Å². The van der Waals surface area contributed by atoms with Gasteiger partial charge in [-0.2, -0.15) is 0 Å². The maximum absolute atomic E-state index is 9.35. The third-order valence-corrected chi connectivity index (χ3v) is 5.00. The van der Waals surface area contributed by atoms with Crippen molar-refractivity contribution < 1.29 is 9.84 Å². The summed E-state index contributed by atoms with van der Waals surface area (Å²) in [6, 6.07) is 13.9. The summed E-state index contributed by atoms with van der Waals surface area (Å²) in [5.74, 6) is 2.00. The lowest BCUT2D eigenvalue weighted by atomic mass is 10.0. The fourth-order valence-electron chi connectivity index (χ4n) is 2.39. The van der Waals surface area contributed by atoms with E-state index in [4.69, 9.17) is 16.3 Å². The standard InChI is InChI=1S/C16H15ClO2S/c17-14-6-3-4-11(8-18)16(14)19-9-12-10-20-15-7-2-1-5-13(12)15/h1-7,12,18H,8-10H2. The molecule has 3 rings (SSSR count). The van der Waals surface area contributed by atoms with Crippen LogP contribution >= 0.6 is 23.4 Å². The van der Waals surface area contributed by atoms with Crippen molar-refractivity contribution in [1.29, 1.82) is 0 Å². The number of thioether (sulfide) groups is 1. The summed E-state index contributed by atoms with van der Waals surface area (Å²) in [7, 11) is 0. The van der Waals surface area contributed by atoms with Crippen molar-refractivity contribution in [1.82, 2.24) is 0 Å². The van der Waals surface area contributed by atoms with E-state index in [1.165, 1.54) is 10.5 Å². The molecule has 1 unspecified atom stereocenters. The number of halogens is 1. The van der Waals surface area contributed by atoms with Crippen LogP contribution in [0.1, 0.15) is 17.0 Å². The highest BCUT2D eigenvalue weighted by Gasteiger charge is 2.23. The lowest BCUT2D eigenvalue weighted by Crippen LogP contribution is -2.11. The van der Waals surface area contributed by atoms with Gasteiger partial charge in [0, 0.05) is 22.1 Å². The molecule has 4 heteroatoms. The monoisotopic (exact) mass is 306 g/mol. The zero-order valence-electron chi connectivity index (χ0n) is 10.9. The number of ether oxygens (including phenoxy) is 1. The lowest BCUT2D eigenvalue weighted by molar-refractivity contribution is 0.257. The van der Waals surface area contributed by atoms with Crippen molar-refractivity contribution in [2.45, 2.75) is 17.4 Å². The molecule has 1 atom stereocenters. The molecule has 20 heavy (non-hydrogen) atoms. The van der Waals surface area contributed by atoms with Crippen LogP contribution < -0.4 is 4.74 Å². The van der Waals surface area contributed by atoms with Crippen molar-refractivity contribution in [3.63, 3.8) is 0 Å².